The molecule has 8 heteroatoms. The van der Waals surface area contributed by atoms with E-state index in [0.717, 1.165) is 62.7 Å². The van der Waals surface area contributed by atoms with Crippen LogP contribution in [-0.4, -0.2) is 59.8 Å². The minimum atomic E-state index is -1.17. The highest BCUT2D eigenvalue weighted by atomic mass is 16.5. The maximum absolute atomic E-state index is 14.0. The van der Waals surface area contributed by atoms with Gasteiger partial charge in [0.25, 0.3) is 0 Å². The number of carboxylic acid groups (broad SMARTS) is 1. The average Bonchev–Trinajstić information content (AvgIpc) is 3.39. The van der Waals surface area contributed by atoms with Crippen LogP contribution in [0.2, 0.25) is 0 Å². The molecule has 0 amide bonds. The number of Topliss-reactive ketones (excluding diaryl/α,β-unsaturated/α-hetero) is 1. The molecule has 3 N–H and O–H groups in total. The van der Waals surface area contributed by atoms with Gasteiger partial charge in [0.1, 0.15) is 18.5 Å². The van der Waals surface area contributed by atoms with Crippen molar-refractivity contribution in [3.8, 4) is 5.75 Å². The summed E-state index contributed by atoms with van der Waals surface area (Å²) in [6.07, 6.45) is 7.17. The predicted octanol–water partition coefficient (Wildman–Crippen LogP) is 8.41. The fourth-order valence-corrected chi connectivity index (χ4v) is 13.1. The second-order valence-corrected chi connectivity index (χ2v) is 19.9. The zero-order valence-electron chi connectivity index (χ0n) is 34.0. The van der Waals surface area contributed by atoms with E-state index in [2.05, 4.69) is 53.8 Å². The topological polar surface area (TPSA) is 122 Å². The molecule has 1 aromatic rings. The van der Waals surface area contributed by atoms with Crippen LogP contribution in [0.25, 0.3) is 0 Å². The van der Waals surface area contributed by atoms with E-state index in [1.807, 2.05) is 30.3 Å². The van der Waals surface area contributed by atoms with Gasteiger partial charge in [-0.15, -0.1) is 0 Å². The molecule has 294 valence electrons. The molecule has 4 saturated carbocycles. The van der Waals surface area contributed by atoms with E-state index >= 15 is 0 Å². The Balaban J connectivity index is 1.22. The van der Waals surface area contributed by atoms with Crippen molar-refractivity contribution in [2.24, 2.45) is 56.2 Å². The summed E-state index contributed by atoms with van der Waals surface area (Å²) >= 11 is 0. The number of carbonyl (C=O) groups excluding carboxylic acids is 2. The standard InChI is InChI=1S/C45H67NO7/c1-28(2)37-31(47)25-45(34(48)27-46-23-24-52-29-13-11-10-12-14-29)22-21-43(8)30(38(37)45)15-16-33-42(7)19-18-35(53-36(49)26-40(3,4)39(50)51)41(5,6)32(42)17-20-44(33,43)9/h10-14,28,30,32-35,46,48H,15-27H2,1-9H3,(H,50,51)/t30?,32-,33+,34+,35-,42-,43+,44+,45-/m0/s1. The van der Waals surface area contributed by atoms with Crippen LogP contribution in [-0.2, 0) is 19.1 Å². The summed E-state index contributed by atoms with van der Waals surface area (Å²) in [5.41, 5.74) is 0.438. The smallest absolute Gasteiger partial charge is 0.309 e. The highest BCUT2D eigenvalue weighted by molar-refractivity contribution is 6.00. The number of hydrogen-bond donors (Lipinski definition) is 3. The highest BCUT2D eigenvalue weighted by Gasteiger charge is 2.70. The van der Waals surface area contributed by atoms with Crippen LogP contribution >= 0.6 is 0 Å². The molecule has 9 atom stereocenters. The van der Waals surface area contributed by atoms with Crippen molar-refractivity contribution in [2.75, 3.05) is 19.7 Å². The van der Waals surface area contributed by atoms with Gasteiger partial charge in [-0.3, -0.25) is 14.4 Å². The molecule has 0 saturated heterocycles. The third-order valence-corrected chi connectivity index (χ3v) is 16.1. The summed E-state index contributed by atoms with van der Waals surface area (Å²) in [6.45, 7) is 21.2. The van der Waals surface area contributed by atoms with Gasteiger partial charge in [0, 0.05) is 30.3 Å². The number of ketones is 1. The van der Waals surface area contributed by atoms with E-state index in [9.17, 15) is 24.6 Å². The number of carbonyl (C=O) groups is 3. The number of hydrogen-bond acceptors (Lipinski definition) is 7. The monoisotopic (exact) mass is 733 g/mol. The van der Waals surface area contributed by atoms with Crippen molar-refractivity contribution in [1.82, 2.24) is 5.32 Å². The molecule has 0 radical (unpaired) electrons. The van der Waals surface area contributed by atoms with Gasteiger partial charge in [-0.05, 0) is 123 Å². The van der Waals surface area contributed by atoms with Crippen molar-refractivity contribution >= 4 is 17.7 Å². The van der Waals surface area contributed by atoms with Gasteiger partial charge in [0.05, 0.1) is 17.9 Å². The lowest BCUT2D eigenvalue weighted by Crippen LogP contribution is -2.66. The van der Waals surface area contributed by atoms with E-state index in [4.69, 9.17) is 9.47 Å². The second-order valence-electron chi connectivity index (χ2n) is 19.9. The van der Waals surface area contributed by atoms with Crippen molar-refractivity contribution < 1.29 is 34.1 Å². The average molecular weight is 734 g/mol. The first kappa shape index (κ1) is 40.0. The van der Waals surface area contributed by atoms with E-state index in [0.29, 0.717) is 38.0 Å². The summed E-state index contributed by atoms with van der Waals surface area (Å²) < 4.78 is 12.1. The van der Waals surface area contributed by atoms with Gasteiger partial charge in [0.2, 0.25) is 0 Å². The summed E-state index contributed by atoms with van der Waals surface area (Å²) in [5.74, 6) is 0.867. The normalized spacial score (nSPS) is 36.9. The van der Waals surface area contributed by atoms with Crippen LogP contribution in [0.15, 0.2) is 41.5 Å². The van der Waals surface area contributed by atoms with Gasteiger partial charge >= 0.3 is 11.9 Å². The molecular weight excluding hydrogens is 666 g/mol. The van der Waals surface area contributed by atoms with Gasteiger partial charge in [-0.2, -0.15) is 0 Å². The van der Waals surface area contributed by atoms with Crippen LogP contribution in [0.3, 0.4) is 0 Å². The molecule has 5 aliphatic carbocycles. The molecule has 5 aliphatic rings. The van der Waals surface area contributed by atoms with Gasteiger partial charge in [-0.1, -0.05) is 72.2 Å². The van der Waals surface area contributed by atoms with E-state index in [-0.39, 0.29) is 51.8 Å². The first-order valence-corrected chi connectivity index (χ1v) is 20.5. The Bertz CT molecular complexity index is 1600. The zero-order valence-corrected chi connectivity index (χ0v) is 34.0. The van der Waals surface area contributed by atoms with Gasteiger partial charge in [-0.25, -0.2) is 0 Å². The first-order chi connectivity index (χ1) is 24.7. The Morgan fingerprint density at radius 3 is 2.28 bits per heavy atom. The summed E-state index contributed by atoms with van der Waals surface area (Å²) in [7, 11) is 0. The summed E-state index contributed by atoms with van der Waals surface area (Å²) in [5, 5.41) is 25.2. The van der Waals surface area contributed by atoms with E-state index in [1.54, 1.807) is 13.8 Å². The Hall–Kier alpha value is -2.71. The number of esters is 1. The van der Waals surface area contributed by atoms with Gasteiger partial charge in [0.15, 0.2) is 5.78 Å². The van der Waals surface area contributed by atoms with E-state index < -0.39 is 28.9 Å². The molecule has 0 heterocycles. The lowest BCUT2D eigenvalue weighted by Gasteiger charge is -2.72. The first-order valence-electron chi connectivity index (χ1n) is 20.5. The number of benzene rings is 1. The molecule has 53 heavy (non-hydrogen) atoms. The number of para-hydroxylation sites is 1. The van der Waals surface area contributed by atoms with Crippen molar-refractivity contribution in [3.63, 3.8) is 0 Å². The van der Waals surface area contributed by atoms with Crippen molar-refractivity contribution in [1.29, 1.82) is 0 Å². The third kappa shape index (κ3) is 6.49. The number of aliphatic hydroxyl groups excluding tert-OH is 1. The SMILES string of the molecule is CC(C)C1=C2C3CC[C@@H]4[C@@]5(C)CC[C@H](OC(=O)CC(C)(C)C(=O)O)C(C)(C)[C@@H]5CC[C@@]4(C)[C@]3(C)CC[C@@]2([C@H](O)CNCCOc2ccccc2)CC1=O. The number of allylic oxidation sites excluding steroid dienone is 1. The molecule has 6 rings (SSSR count). The van der Waals surface area contributed by atoms with Crippen LogP contribution in [0.1, 0.15) is 127 Å². The van der Waals surface area contributed by atoms with Crippen LogP contribution < -0.4 is 10.1 Å². The number of fused-ring (bicyclic) bond motifs is 7. The van der Waals surface area contributed by atoms with Crippen molar-refractivity contribution in [2.45, 2.75) is 139 Å². The van der Waals surface area contributed by atoms with E-state index in [1.165, 1.54) is 5.57 Å². The van der Waals surface area contributed by atoms with Crippen LogP contribution in [0, 0.1) is 56.2 Å². The minimum absolute atomic E-state index is 0.0139. The maximum Gasteiger partial charge on any atom is 0.309 e. The molecule has 0 spiro atoms. The maximum atomic E-state index is 14.0. The molecule has 1 unspecified atom stereocenters. The number of aliphatic carboxylic acids is 1. The fourth-order valence-electron chi connectivity index (χ4n) is 13.1. The number of carboxylic acids is 1. The fraction of sp³-hybridized carbons (Fsp3) is 0.756. The number of rotatable bonds is 12. The summed E-state index contributed by atoms with van der Waals surface area (Å²) in [4.78, 5) is 38.9. The quantitative estimate of drug-likeness (QED) is 0.145. The third-order valence-electron chi connectivity index (χ3n) is 16.1. The molecule has 0 aliphatic heterocycles. The Morgan fingerprint density at radius 2 is 1.62 bits per heavy atom. The molecule has 0 aromatic heterocycles. The van der Waals surface area contributed by atoms with Gasteiger partial charge < -0.3 is 25.0 Å². The molecule has 0 bridgehead atoms. The minimum Gasteiger partial charge on any atom is -0.492 e. The Labute approximate surface area is 318 Å². The predicted molar refractivity (Wildman–Crippen MR) is 206 cm³/mol. The summed E-state index contributed by atoms with van der Waals surface area (Å²) in [6, 6.07) is 9.77. The highest BCUT2D eigenvalue weighted by Crippen LogP contribution is 2.77. The van der Waals surface area contributed by atoms with Crippen LogP contribution in [0.5, 0.6) is 5.75 Å². The molecule has 1 aromatic carbocycles. The van der Waals surface area contributed by atoms with Crippen LogP contribution in [0.4, 0.5) is 0 Å². The molecule has 8 nitrogen and oxygen atoms in total. The number of ether oxygens (including phenoxy) is 2. The second kappa shape index (κ2) is 14.1. The number of aliphatic hydroxyl groups is 1. The Kier molecular flexibility index (Phi) is 10.6. The lowest BCUT2D eigenvalue weighted by molar-refractivity contribution is -0.235. The Morgan fingerprint density at radius 1 is 0.925 bits per heavy atom. The molecule has 4 fully saturated rings. The largest absolute Gasteiger partial charge is 0.492 e. The van der Waals surface area contributed by atoms with Crippen molar-refractivity contribution in [3.05, 3.63) is 41.5 Å². The molecular formula is C45H67NO7. The zero-order chi connectivity index (χ0) is 38.8. The number of nitrogens with one attached hydrogen (secondary N) is 1. The lowest BCUT2D eigenvalue weighted by atomic mass is 9.33.